The minimum Gasteiger partial charge on any atom is -0.441 e. The van der Waals surface area contributed by atoms with Crippen LogP contribution in [0.1, 0.15) is 54.8 Å². The van der Waals surface area contributed by atoms with E-state index in [0.29, 0.717) is 17.0 Å². The van der Waals surface area contributed by atoms with E-state index in [-0.39, 0.29) is 50.5 Å². The SMILES string of the molecule is COC[C@H](c1cnn2cc([C@@H](NC(=O)OCc3ccno3)C3CCC(F)(F)CC3)nc2c1)N1C[C@@H](C(F)(F)F)NC1=O. The Balaban J connectivity index is 1.39. The maximum Gasteiger partial charge on any atom is 0.410 e. The zero-order chi connectivity index (χ0) is 30.1. The van der Waals surface area contributed by atoms with Crippen LogP contribution in [0.2, 0.25) is 0 Å². The van der Waals surface area contributed by atoms with Crippen LogP contribution in [0.25, 0.3) is 5.65 Å². The van der Waals surface area contributed by atoms with Gasteiger partial charge in [-0.05, 0) is 24.8 Å². The lowest BCUT2D eigenvalue weighted by atomic mass is 9.81. The van der Waals surface area contributed by atoms with Gasteiger partial charge in [0.15, 0.2) is 18.0 Å². The summed E-state index contributed by atoms with van der Waals surface area (Å²) in [6, 6.07) is -1.57. The fourth-order valence-corrected chi connectivity index (χ4v) is 5.23. The second-order valence-corrected chi connectivity index (χ2v) is 10.3. The topological polar surface area (TPSA) is 136 Å². The van der Waals surface area contributed by atoms with Crippen molar-refractivity contribution in [3.05, 3.63) is 47.7 Å². The fourth-order valence-electron chi connectivity index (χ4n) is 5.23. The van der Waals surface area contributed by atoms with Gasteiger partial charge in [0.2, 0.25) is 5.92 Å². The van der Waals surface area contributed by atoms with Crippen LogP contribution in [-0.2, 0) is 16.1 Å². The second-order valence-electron chi connectivity index (χ2n) is 10.3. The summed E-state index contributed by atoms with van der Waals surface area (Å²) >= 11 is 0. The van der Waals surface area contributed by atoms with E-state index in [1.165, 1.54) is 36.3 Å². The molecule has 12 nitrogen and oxygen atoms in total. The van der Waals surface area contributed by atoms with Gasteiger partial charge in [-0.1, -0.05) is 5.16 Å². The number of hydrogen-bond donors (Lipinski definition) is 2. The first-order chi connectivity index (χ1) is 19.9. The molecule has 2 aliphatic rings. The van der Waals surface area contributed by atoms with Gasteiger partial charge in [0.25, 0.3) is 0 Å². The number of amides is 3. The van der Waals surface area contributed by atoms with E-state index in [9.17, 15) is 31.5 Å². The average Bonchev–Trinajstić information content (AvgIpc) is 3.69. The number of imidazole rings is 1. The van der Waals surface area contributed by atoms with Crippen LogP contribution in [0.4, 0.5) is 31.5 Å². The van der Waals surface area contributed by atoms with E-state index in [4.69, 9.17) is 14.0 Å². The molecular formula is C25H28F5N7O5. The molecule has 5 rings (SSSR count). The van der Waals surface area contributed by atoms with Crippen LogP contribution in [0, 0.1) is 5.92 Å². The molecule has 42 heavy (non-hydrogen) atoms. The Morgan fingerprint density at radius 3 is 2.71 bits per heavy atom. The molecule has 1 aliphatic heterocycles. The average molecular weight is 602 g/mol. The Hall–Kier alpha value is -4.02. The van der Waals surface area contributed by atoms with Crippen molar-refractivity contribution in [3.8, 4) is 0 Å². The van der Waals surface area contributed by atoms with Gasteiger partial charge in [-0.25, -0.2) is 27.9 Å². The molecule has 2 N–H and O–H groups in total. The Kier molecular flexibility index (Phi) is 8.21. The van der Waals surface area contributed by atoms with Gasteiger partial charge in [0.05, 0.1) is 49.5 Å². The first kappa shape index (κ1) is 29.5. The van der Waals surface area contributed by atoms with Crippen LogP contribution in [-0.4, -0.2) is 75.2 Å². The number of alkyl halides is 5. The first-order valence-electron chi connectivity index (χ1n) is 13.1. The molecule has 3 amide bonds. The number of nitrogens with zero attached hydrogens (tertiary/aromatic N) is 5. The number of carbonyl (C=O) groups is 2. The van der Waals surface area contributed by atoms with E-state index in [0.717, 1.165) is 4.90 Å². The molecule has 0 unspecified atom stereocenters. The lowest BCUT2D eigenvalue weighted by Crippen LogP contribution is -2.40. The van der Waals surface area contributed by atoms with Crippen LogP contribution in [0.3, 0.4) is 0 Å². The maximum absolute atomic E-state index is 13.9. The molecule has 3 atom stereocenters. The van der Waals surface area contributed by atoms with E-state index in [2.05, 4.69) is 20.6 Å². The number of ether oxygens (including phenoxy) is 2. The molecule has 1 saturated heterocycles. The predicted octanol–water partition coefficient (Wildman–Crippen LogP) is 4.15. The van der Waals surface area contributed by atoms with Crippen LogP contribution in [0.15, 0.2) is 35.2 Å². The number of aromatic nitrogens is 4. The minimum atomic E-state index is -4.62. The van der Waals surface area contributed by atoms with Crippen molar-refractivity contribution in [2.24, 2.45) is 5.92 Å². The summed E-state index contributed by atoms with van der Waals surface area (Å²) in [5, 5.41) is 12.5. The third kappa shape index (κ3) is 6.55. The van der Waals surface area contributed by atoms with E-state index in [1.807, 2.05) is 5.32 Å². The Morgan fingerprint density at radius 1 is 1.31 bits per heavy atom. The Bertz CT molecular complexity index is 1390. The minimum absolute atomic E-state index is 0.110. The molecule has 3 aromatic heterocycles. The quantitative estimate of drug-likeness (QED) is 0.349. The van der Waals surface area contributed by atoms with Crippen molar-refractivity contribution in [1.29, 1.82) is 0 Å². The summed E-state index contributed by atoms with van der Waals surface area (Å²) in [6.07, 6.45) is -1.61. The molecule has 1 saturated carbocycles. The third-order valence-electron chi connectivity index (χ3n) is 7.44. The summed E-state index contributed by atoms with van der Waals surface area (Å²) < 4.78 is 84.3. The molecule has 17 heteroatoms. The summed E-state index contributed by atoms with van der Waals surface area (Å²) in [7, 11) is 1.35. The van der Waals surface area contributed by atoms with Crippen LogP contribution in [0.5, 0.6) is 0 Å². The van der Waals surface area contributed by atoms with Gasteiger partial charge in [-0.15, -0.1) is 0 Å². The molecule has 0 spiro atoms. The normalized spacial score (nSPS) is 20.9. The van der Waals surface area contributed by atoms with Crippen molar-refractivity contribution in [3.63, 3.8) is 0 Å². The second kappa shape index (κ2) is 11.7. The molecule has 2 fully saturated rings. The highest BCUT2D eigenvalue weighted by Crippen LogP contribution is 2.41. The molecule has 4 heterocycles. The Morgan fingerprint density at radius 2 is 2.07 bits per heavy atom. The van der Waals surface area contributed by atoms with Gasteiger partial charge in [-0.3, -0.25) is 0 Å². The van der Waals surface area contributed by atoms with E-state index < -0.39 is 48.9 Å². The Labute approximate surface area is 235 Å². The number of hydrogen-bond acceptors (Lipinski definition) is 8. The predicted molar refractivity (Wildman–Crippen MR) is 132 cm³/mol. The summed E-state index contributed by atoms with van der Waals surface area (Å²) in [6.45, 7) is -0.922. The standard InChI is InChI=1S/C25H28F5N7O5/c1-40-13-18(36-11-19(25(28,29)30)34-22(36)38)15-8-20-33-17(10-37(20)31-9-15)21(14-2-5-24(26,27)6-3-14)35-23(39)41-12-16-4-7-32-42-16/h4,7-10,14,18-19,21H,2-3,5-6,11-13H2,1H3,(H,34,38)(H,35,39)/t18-,19+,21+/m1/s1. The van der Waals surface area contributed by atoms with Gasteiger partial charge < -0.3 is 29.5 Å². The van der Waals surface area contributed by atoms with Crippen molar-refractivity contribution in [2.75, 3.05) is 20.3 Å². The molecule has 0 bridgehead atoms. The highest BCUT2D eigenvalue weighted by atomic mass is 19.4. The number of alkyl carbamates (subject to hydrolysis) is 1. The maximum atomic E-state index is 13.9. The first-order valence-corrected chi connectivity index (χ1v) is 13.1. The lowest BCUT2D eigenvalue weighted by molar-refractivity contribution is -0.150. The summed E-state index contributed by atoms with van der Waals surface area (Å²) in [5.41, 5.74) is 0.956. The molecule has 228 valence electrons. The zero-order valence-electron chi connectivity index (χ0n) is 22.3. The van der Waals surface area contributed by atoms with Gasteiger partial charge in [-0.2, -0.15) is 18.3 Å². The summed E-state index contributed by atoms with van der Waals surface area (Å²) in [5.74, 6) is -2.88. The number of carbonyl (C=O) groups excluding carboxylic acids is 2. The smallest absolute Gasteiger partial charge is 0.410 e. The highest BCUT2D eigenvalue weighted by Gasteiger charge is 2.48. The van der Waals surface area contributed by atoms with Crippen LogP contribution >= 0.6 is 0 Å². The van der Waals surface area contributed by atoms with Crippen molar-refractivity contribution >= 4 is 17.8 Å². The number of nitrogens with one attached hydrogen (secondary N) is 2. The third-order valence-corrected chi connectivity index (χ3v) is 7.44. The molecule has 1 aliphatic carbocycles. The highest BCUT2D eigenvalue weighted by molar-refractivity contribution is 5.77. The van der Waals surface area contributed by atoms with Crippen molar-refractivity contribution in [1.82, 2.24) is 35.3 Å². The summed E-state index contributed by atoms with van der Waals surface area (Å²) in [4.78, 5) is 30.7. The fraction of sp³-hybridized carbons (Fsp3) is 0.560. The number of rotatable bonds is 9. The number of fused-ring (bicyclic) bond motifs is 1. The molecule has 0 aromatic carbocycles. The largest absolute Gasteiger partial charge is 0.441 e. The monoisotopic (exact) mass is 601 g/mol. The van der Waals surface area contributed by atoms with E-state index >= 15 is 0 Å². The van der Waals surface area contributed by atoms with Crippen molar-refractivity contribution in [2.45, 2.75) is 62.5 Å². The van der Waals surface area contributed by atoms with Crippen molar-refractivity contribution < 1.29 is 45.5 Å². The molecular weight excluding hydrogens is 573 g/mol. The lowest BCUT2D eigenvalue weighted by Gasteiger charge is -2.33. The van der Waals surface area contributed by atoms with Gasteiger partial charge >= 0.3 is 18.3 Å². The number of urea groups is 1. The number of halogens is 5. The number of methoxy groups -OCH3 is 1. The molecule has 3 aromatic rings. The van der Waals surface area contributed by atoms with E-state index in [1.54, 1.807) is 6.07 Å². The van der Waals surface area contributed by atoms with Gasteiger partial charge in [0, 0.05) is 31.6 Å². The van der Waals surface area contributed by atoms with Crippen LogP contribution < -0.4 is 10.6 Å². The zero-order valence-corrected chi connectivity index (χ0v) is 22.3. The molecule has 0 radical (unpaired) electrons. The van der Waals surface area contributed by atoms with Gasteiger partial charge in [0.1, 0.15) is 6.04 Å².